The summed E-state index contributed by atoms with van der Waals surface area (Å²) in [5, 5.41) is 4.33. The maximum Gasteiger partial charge on any atom is 0.0270 e. The Morgan fingerprint density at radius 3 is 1.53 bits per heavy atom. The summed E-state index contributed by atoms with van der Waals surface area (Å²) in [4.78, 5) is 2.58. The Bertz CT molecular complexity index is 1930. The van der Waals surface area contributed by atoms with E-state index in [1.165, 1.54) is 170 Å². The van der Waals surface area contributed by atoms with E-state index in [-0.39, 0.29) is 5.41 Å². The van der Waals surface area contributed by atoms with Gasteiger partial charge in [-0.05, 0) is 124 Å². The summed E-state index contributed by atoms with van der Waals surface area (Å²) in [5.74, 6) is 0. The Balaban J connectivity index is 1.37. The van der Waals surface area contributed by atoms with Crippen molar-refractivity contribution in [2.45, 2.75) is 149 Å². The van der Waals surface area contributed by atoms with Gasteiger partial charge in [0.2, 0.25) is 0 Å². The van der Waals surface area contributed by atoms with E-state index in [9.17, 15) is 0 Å². The van der Waals surface area contributed by atoms with Crippen molar-refractivity contribution < 1.29 is 0 Å². The number of benzene rings is 3. The monoisotopic (exact) mass is 766 g/mol. The first-order valence-corrected chi connectivity index (χ1v) is 23.6. The van der Waals surface area contributed by atoms with Crippen molar-refractivity contribution in [1.82, 2.24) is 0 Å². The maximum atomic E-state index is 2.64. The van der Waals surface area contributed by atoms with Gasteiger partial charge in [-0.2, -0.15) is 0 Å². The highest BCUT2D eigenvalue weighted by atomic mass is 32.1. The third-order valence-corrected chi connectivity index (χ3v) is 13.8. The maximum absolute atomic E-state index is 2.64. The molecule has 0 saturated heterocycles. The van der Waals surface area contributed by atoms with Crippen LogP contribution in [0.5, 0.6) is 0 Å². The van der Waals surface area contributed by atoms with Gasteiger partial charge >= 0.3 is 0 Å². The molecular weight excluding hydrogens is 701 g/mol. The number of unbranched alkanes of at least 4 members (excludes halogenated alkanes) is 14. The van der Waals surface area contributed by atoms with Crippen LogP contribution in [-0.4, -0.2) is 0 Å². The fourth-order valence-electron chi connectivity index (χ4n) is 8.99. The molecule has 0 amide bonds. The molecule has 2 heteroatoms. The SMILES string of the molecule is CCCCCCCCCCC1(CCCCCCCCCC)c2cc(C)ccc2-c2ccc(-c3cc(/C=C/c4cccs4)c(C)cc3/C=C/c3cccs3)cc21. The first kappa shape index (κ1) is 41.2. The molecule has 290 valence electrons. The summed E-state index contributed by atoms with van der Waals surface area (Å²) in [7, 11) is 0. The van der Waals surface area contributed by atoms with Crippen LogP contribution in [0, 0.1) is 13.8 Å². The zero-order valence-electron chi connectivity index (χ0n) is 34.4. The summed E-state index contributed by atoms with van der Waals surface area (Å²) in [6, 6.07) is 28.5. The second-order valence-corrected chi connectivity index (χ2v) is 18.3. The lowest BCUT2D eigenvalue weighted by atomic mass is 9.70. The Morgan fingerprint density at radius 1 is 0.473 bits per heavy atom. The average molecular weight is 767 g/mol. The lowest BCUT2D eigenvalue weighted by Gasteiger charge is -2.33. The Hall–Kier alpha value is -3.46. The molecule has 0 N–H and O–H groups in total. The molecule has 55 heavy (non-hydrogen) atoms. The lowest BCUT2D eigenvalue weighted by Crippen LogP contribution is -2.25. The van der Waals surface area contributed by atoms with Gasteiger partial charge in [-0.1, -0.05) is 183 Å². The van der Waals surface area contributed by atoms with Crippen molar-refractivity contribution in [3.8, 4) is 22.3 Å². The first-order valence-electron chi connectivity index (χ1n) is 21.9. The predicted molar refractivity (Wildman–Crippen MR) is 249 cm³/mol. The summed E-state index contributed by atoms with van der Waals surface area (Å²) in [5.41, 5.74) is 14.2. The van der Waals surface area contributed by atoms with E-state index in [4.69, 9.17) is 0 Å². The molecule has 0 fully saturated rings. The highest BCUT2D eigenvalue weighted by molar-refractivity contribution is 7.11. The highest BCUT2D eigenvalue weighted by Gasteiger charge is 2.42. The molecule has 0 bridgehead atoms. The van der Waals surface area contributed by atoms with E-state index in [1.54, 1.807) is 33.8 Å². The molecule has 0 spiro atoms. The van der Waals surface area contributed by atoms with Gasteiger partial charge in [0.25, 0.3) is 0 Å². The highest BCUT2D eigenvalue weighted by Crippen LogP contribution is 2.55. The van der Waals surface area contributed by atoms with Gasteiger partial charge in [0.1, 0.15) is 0 Å². The van der Waals surface area contributed by atoms with Gasteiger partial charge in [-0.3, -0.25) is 0 Å². The molecule has 0 radical (unpaired) electrons. The number of thiophene rings is 2. The van der Waals surface area contributed by atoms with E-state index in [0.717, 1.165) is 0 Å². The number of hydrogen-bond donors (Lipinski definition) is 0. The van der Waals surface area contributed by atoms with Crippen LogP contribution in [0.1, 0.15) is 173 Å². The summed E-state index contributed by atoms with van der Waals surface area (Å²) in [6.45, 7) is 9.21. The zero-order chi connectivity index (χ0) is 38.3. The quantitative estimate of drug-likeness (QED) is 0.0581. The summed E-state index contributed by atoms with van der Waals surface area (Å²) in [6.07, 6.45) is 33.6. The van der Waals surface area contributed by atoms with Crippen LogP contribution in [0.4, 0.5) is 0 Å². The number of rotatable bonds is 23. The molecule has 0 saturated carbocycles. The molecule has 6 rings (SSSR count). The van der Waals surface area contributed by atoms with E-state index in [2.05, 4.69) is 136 Å². The third kappa shape index (κ3) is 10.9. The molecule has 0 atom stereocenters. The largest absolute Gasteiger partial charge is 0.144 e. The van der Waals surface area contributed by atoms with Gasteiger partial charge in [-0.15, -0.1) is 22.7 Å². The van der Waals surface area contributed by atoms with Crippen LogP contribution in [-0.2, 0) is 5.41 Å². The standard InChI is InChI=1S/C53H66S2/c1-5-7-9-11-13-15-17-19-33-53(34-20-18-16-14-12-10-8-6-2)51-37-41(3)25-31-48(51)49-32-28-45(40-52(49)53)50-39-43(26-29-46-23-21-35-54-46)42(4)38-44(50)27-30-47-24-22-36-55-47/h21-32,35-40H,5-20,33-34H2,1-4H3/b29-26+,30-27+. The predicted octanol–water partition coefficient (Wildman–Crippen LogP) is 17.8. The third-order valence-electron chi connectivity index (χ3n) is 12.1. The normalized spacial score (nSPS) is 13.3. The molecule has 2 heterocycles. The van der Waals surface area contributed by atoms with E-state index in [1.807, 2.05) is 0 Å². The minimum absolute atomic E-state index is 0.0662. The smallest absolute Gasteiger partial charge is 0.0270 e. The van der Waals surface area contributed by atoms with Crippen LogP contribution in [0.3, 0.4) is 0 Å². The molecule has 0 unspecified atom stereocenters. The fraction of sp³-hybridized carbons (Fsp3) is 0.434. The molecule has 0 nitrogen and oxygen atoms in total. The number of fused-ring (bicyclic) bond motifs is 3. The average Bonchev–Trinajstić information content (AvgIpc) is 3.97. The van der Waals surface area contributed by atoms with E-state index in [0.29, 0.717) is 0 Å². The Labute approximate surface area is 342 Å². The summed E-state index contributed by atoms with van der Waals surface area (Å²) >= 11 is 3.60. The van der Waals surface area contributed by atoms with E-state index >= 15 is 0 Å². The van der Waals surface area contributed by atoms with Gasteiger partial charge in [-0.25, -0.2) is 0 Å². The first-order chi connectivity index (χ1) is 27.0. The molecular formula is C53H66S2. The Kier molecular flexibility index (Phi) is 15.9. The molecule has 0 aliphatic heterocycles. The van der Waals surface area contributed by atoms with Crippen molar-refractivity contribution in [2.75, 3.05) is 0 Å². The zero-order valence-corrected chi connectivity index (χ0v) is 36.1. The van der Waals surface area contributed by atoms with Crippen molar-refractivity contribution in [3.63, 3.8) is 0 Å². The second-order valence-electron chi connectivity index (χ2n) is 16.3. The van der Waals surface area contributed by atoms with Crippen LogP contribution >= 0.6 is 22.7 Å². The van der Waals surface area contributed by atoms with Gasteiger partial charge in [0, 0.05) is 15.2 Å². The summed E-state index contributed by atoms with van der Waals surface area (Å²) < 4.78 is 0. The van der Waals surface area contributed by atoms with Crippen molar-refractivity contribution in [3.05, 3.63) is 127 Å². The van der Waals surface area contributed by atoms with Crippen LogP contribution < -0.4 is 0 Å². The van der Waals surface area contributed by atoms with E-state index < -0.39 is 0 Å². The second kappa shape index (κ2) is 21.2. The number of aryl methyl sites for hydroxylation is 2. The molecule has 3 aromatic carbocycles. The molecule has 1 aliphatic carbocycles. The Morgan fingerprint density at radius 2 is 0.982 bits per heavy atom. The van der Waals surface area contributed by atoms with Crippen molar-refractivity contribution >= 4 is 47.0 Å². The van der Waals surface area contributed by atoms with Crippen molar-refractivity contribution in [2.24, 2.45) is 0 Å². The van der Waals surface area contributed by atoms with Crippen LogP contribution in [0.15, 0.2) is 83.6 Å². The molecule has 2 aromatic heterocycles. The fourth-order valence-corrected chi connectivity index (χ4v) is 10.2. The van der Waals surface area contributed by atoms with Crippen LogP contribution in [0.25, 0.3) is 46.6 Å². The minimum atomic E-state index is 0.0662. The van der Waals surface area contributed by atoms with Crippen molar-refractivity contribution in [1.29, 1.82) is 0 Å². The van der Waals surface area contributed by atoms with Crippen LogP contribution in [0.2, 0.25) is 0 Å². The number of hydrogen-bond acceptors (Lipinski definition) is 2. The van der Waals surface area contributed by atoms with Gasteiger partial charge in [0.15, 0.2) is 0 Å². The minimum Gasteiger partial charge on any atom is -0.144 e. The van der Waals surface area contributed by atoms with Gasteiger partial charge in [0.05, 0.1) is 0 Å². The van der Waals surface area contributed by atoms with Gasteiger partial charge < -0.3 is 0 Å². The molecule has 5 aromatic rings. The topological polar surface area (TPSA) is 0 Å². The lowest BCUT2D eigenvalue weighted by molar-refractivity contribution is 0.397. The molecule has 1 aliphatic rings.